The van der Waals surface area contributed by atoms with Crippen molar-refractivity contribution in [2.75, 3.05) is 0 Å². The maximum atomic E-state index is 14.7. The number of para-hydroxylation sites is 3. The number of rotatable bonds is 7. The summed E-state index contributed by atoms with van der Waals surface area (Å²) in [5.74, 6) is 0.839. The minimum absolute atomic E-state index is 0.0419. The molecule has 0 aliphatic heterocycles. The number of aromatic nitrogens is 1. The van der Waals surface area contributed by atoms with Crippen molar-refractivity contribution < 1.29 is 13.6 Å². The molecule has 4 aromatic carbocycles. The van der Waals surface area contributed by atoms with Crippen LogP contribution in [-0.4, -0.2) is 4.34 Å². The first-order valence-electron chi connectivity index (χ1n) is 12.0. The van der Waals surface area contributed by atoms with Crippen molar-refractivity contribution in [1.82, 2.24) is 4.34 Å². The quantitative estimate of drug-likeness (QED) is 0.0957. The van der Waals surface area contributed by atoms with E-state index in [0.717, 1.165) is 27.6 Å². The summed E-state index contributed by atoms with van der Waals surface area (Å²) in [6, 6.07) is 33.6. The van der Waals surface area contributed by atoms with Crippen molar-refractivity contribution in [3.05, 3.63) is 143 Å². The average Bonchev–Trinajstić information content (AvgIpc) is 3.49. The second-order valence-corrected chi connectivity index (χ2v) is 10.6. The summed E-state index contributed by atoms with van der Waals surface area (Å²) >= 11 is 0. The Morgan fingerprint density at radius 3 is 1.97 bits per heavy atom. The molecule has 37 heavy (non-hydrogen) atoms. The Hall–Kier alpha value is -4.44. The highest BCUT2D eigenvalue weighted by Gasteiger charge is 2.37. The summed E-state index contributed by atoms with van der Waals surface area (Å²) in [6.45, 7) is 0. The van der Waals surface area contributed by atoms with Gasteiger partial charge in [-0.2, -0.15) is 0 Å². The van der Waals surface area contributed by atoms with Gasteiger partial charge < -0.3 is 9.05 Å². The predicted octanol–water partition coefficient (Wildman–Crippen LogP) is 8.64. The van der Waals surface area contributed by atoms with Gasteiger partial charge >= 0.3 is 7.75 Å². The monoisotopic (exact) mass is 506 g/mol. The van der Waals surface area contributed by atoms with Crippen LogP contribution in [0.2, 0.25) is 0 Å². The summed E-state index contributed by atoms with van der Waals surface area (Å²) in [5.41, 5.74) is 13.0. The summed E-state index contributed by atoms with van der Waals surface area (Å²) < 4.78 is 28.6. The fraction of sp³-hybridized carbons (Fsp3) is 0.103. The molecule has 182 valence electrons. The van der Waals surface area contributed by atoms with Crippen molar-refractivity contribution >= 4 is 18.6 Å². The molecule has 2 unspecified atom stereocenters. The molecule has 6 rings (SSSR count). The van der Waals surface area contributed by atoms with Crippen molar-refractivity contribution in [2.24, 2.45) is 5.11 Å². The van der Waals surface area contributed by atoms with Crippen LogP contribution in [0, 0.1) is 0 Å². The molecule has 8 heteroatoms. The van der Waals surface area contributed by atoms with Gasteiger partial charge in [-0.1, -0.05) is 84.0 Å². The van der Waals surface area contributed by atoms with Gasteiger partial charge in [0.2, 0.25) is 0 Å². The van der Waals surface area contributed by atoms with Gasteiger partial charge in [-0.25, -0.2) is 8.90 Å². The van der Waals surface area contributed by atoms with E-state index in [1.54, 1.807) is 28.6 Å². The highest BCUT2D eigenvalue weighted by Crippen LogP contribution is 2.55. The van der Waals surface area contributed by atoms with Crippen molar-refractivity contribution in [2.45, 2.75) is 18.4 Å². The van der Waals surface area contributed by atoms with E-state index in [2.05, 4.69) is 16.1 Å². The lowest BCUT2D eigenvalue weighted by molar-refractivity contribution is 0.376. The molecule has 1 aromatic heterocycles. The predicted molar refractivity (Wildman–Crippen MR) is 144 cm³/mol. The Kier molecular flexibility index (Phi) is 5.93. The molecule has 7 nitrogen and oxygen atoms in total. The largest absolute Gasteiger partial charge is 0.548 e. The third-order valence-corrected chi connectivity index (χ3v) is 8.41. The molecule has 0 N–H and O–H groups in total. The molecule has 0 saturated heterocycles. The summed E-state index contributed by atoms with van der Waals surface area (Å²) in [4.78, 5) is 3.08. The zero-order valence-corrected chi connectivity index (χ0v) is 20.7. The molecule has 0 saturated carbocycles. The third-order valence-electron chi connectivity index (χ3n) is 6.67. The molecule has 0 amide bonds. The molecule has 1 aliphatic rings. The van der Waals surface area contributed by atoms with Crippen LogP contribution in [0.3, 0.4) is 0 Å². The van der Waals surface area contributed by atoms with E-state index in [4.69, 9.17) is 14.6 Å². The fourth-order valence-electron chi connectivity index (χ4n) is 5.08. The van der Waals surface area contributed by atoms with E-state index in [-0.39, 0.29) is 12.0 Å². The number of hydrogen-bond acceptors (Lipinski definition) is 4. The Labute approximate surface area is 214 Å². The number of fused-ring (bicyclic) bond motifs is 2. The van der Waals surface area contributed by atoms with Gasteiger partial charge in [0.1, 0.15) is 11.5 Å². The van der Waals surface area contributed by atoms with Crippen molar-refractivity contribution in [1.29, 1.82) is 0 Å². The Morgan fingerprint density at radius 2 is 1.32 bits per heavy atom. The first kappa shape index (κ1) is 23.0. The molecule has 0 radical (unpaired) electrons. The van der Waals surface area contributed by atoms with Crippen LogP contribution < -0.4 is 9.05 Å². The van der Waals surface area contributed by atoms with Gasteiger partial charge in [-0.15, -0.1) is 0 Å². The zero-order chi connectivity index (χ0) is 25.2. The molecule has 1 heterocycles. The lowest BCUT2D eigenvalue weighted by Crippen LogP contribution is -2.09. The number of hydrogen-bond donors (Lipinski definition) is 0. The maximum absolute atomic E-state index is 14.7. The van der Waals surface area contributed by atoms with E-state index >= 15 is 0 Å². The van der Waals surface area contributed by atoms with E-state index in [0.29, 0.717) is 17.9 Å². The average molecular weight is 507 g/mol. The van der Waals surface area contributed by atoms with Crippen LogP contribution >= 0.6 is 7.75 Å². The van der Waals surface area contributed by atoms with E-state index in [1.807, 2.05) is 85.1 Å². The van der Waals surface area contributed by atoms with Crippen molar-refractivity contribution in [3.63, 3.8) is 0 Å². The highest BCUT2D eigenvalue weighted by atomic mass is 31.2. The highest BCUT2D eigenvalue weighted by molar-refractivity contribution is 7.53. The molecule has 0 spiro atoms. The van der Waals surface area contributed by atoms with Crippen LogP contribution in [0.5, 0.6) is 11.5 Å². The molecular formula is C29H23N4O3P. The van der Waals surface area contributed by atoms with Crippen LogP contribution in [0.25, 0.3) is 21.3 Å². The summed E-state index contributed by atoms with van der Waals surface area (Å²) in [6.07, 6.45) is 2.50. The van der Waals surface area contributed by atoms with Gasteiger partial charge in [0, 0.05) is 22.4 Å². The van der Waals surface area contributed by atoms with E-state index < -0.39 is 7.75 Å². The van der Waals surface area contributed by atoms with Gasteiger partial charge in [-0.3, -0.25) is 0 Å². The van der Waals surface area contributed by atoms with E-state index in [1.165, 1.54) is 0 Å². The van der Waals surface area contributed by atoms with Gasteiger partial charge in [0.25, 0.3) is 0 Å². The topological polar surface area (TPSA) is 89.2 Å². The molecule has 0 bridgehead atoms. The van der Waals surface area contributed by atoms with E-state index in [9.17, 15) is 4.57 Å². The standard InChI is InChI=1S/C29H23N4O3P/c30-32-31-28-19-26(23-15-7-8-16-24(23)28)27-20-33(29-18-10-9-17-25(27)29)37(34,35-21-11-3-1-4-12-21)36-22-13-5-2-6-14-22/h1-18,20,26,28H,19H2. The second-order valence-electron chi connectivity index (χ2n) is 8.86. The number of azide groups is 1. The first-order valence-corrected chi connectivity index (χ1v) is 13.5. The SMILES string of the molecule is [N-]=[N+]=NC1CC(c2cn(P(=O)(Oc3ccccc3)Oc3ccccc3)c3ccccc23)c2ccccc21. The Morgan fingerprint density at radius 1 is 0.757 bits per heavy atom. The smallest absolute Gasteiger partial charge is 0.400 e. The molecule has 0 fully saturated rings. The third kappa shape index (κ3) is 4.25. The minimum Gasteiger partial charge on any atom is -0.400 e. The first-order chi connectivity index (χ1) is 18.2. The lowest BCUT2D eigenvalue weighted by Gasteiger charge is -2.21. The Balaban J connectivity index is 1.52. The van der Waals surface area contributed by atoms with Crippen LogP contribution in [-0.2, 0) is 4.57 Å². The van der Waals surface area contributed by atoms with Crippen LogP contribution in [0.4, 0.5) is 0 Å². The van der Waals surface area contributed by atoms with Gasteiger partial charge in [0.05, 0.1) is 11.6 Å². The van der Waals surface area contributed by atoms with Gasteiger partial charge in [-0.05, 0) is 59.0 Å². The maximum Gasteiger partial charge on any atom is 0.548 e. The Bertz CT molecular complexity index is 1620. The van der Waals surface area contributed by atoms with Crippen LogP contribution in [0.15, 0.2) is 121 Å². The molecule has 2 atom stereocenters. The molecule has 5 aromatic rings. The molecular weight excluding hydrogens is 483 g/mol. The summed E-state index contributed by atoms with van der Waals surface area (Å²) in [7, 11) is -3.96. The normalized spacial score (nSPS) is 16.6. The fourth-order valence-corrected chi connectivity index (χ4v) is 6.77. The van der Waals surface area contributed by atoms with Gasteiger partial charge in [0.15, 0.2) is 0 Å². The number of benzene rings is 4. The lowest BCUT2D eigenvalue weighted by atomic mass is 9.93. The van der Waals surface area contributed by atoms with Crippen molar-refractivity contribution in [3.8, 4) is 11.5 Å². The number of nitrogens with zero attached hydrogens (tertiary/aromatic N) is 4. The van der Waals surface area contributed by atoms with Crippen LogP contribution in [0.1, 0.15) is 35.1 Å². The zero-order valence-electron chi connectivity index (χ0n) is 19.8. The molecule has 1 aliphatic carbocycles. The second kappa shape index (κ2) is 9.55. The summed E-state index contributed by atoms with van der Waals surface area (Å²) in [5, 5.41) is 5.00. The minimum atomic E-state index is -3.96.